The fourth-order valence-corrected chi connectivity index (χ4v) is 9.12. The lowest BCUT2D eigenvalue weighted by Gasteiger charge is -2.48. The van der Waals surface area contributed by atoms with Gasteiger partial charge < -0.3 is 153 Å². The smallest absolute Gasteiger partial charge is 0.394 e. The minimum absolute atomic E-state index is 0.137. The van der Waals surface area contributed by atoms with Crippen LogP contribution in [-0.2, 0) is 65.9 Å². The van der Waals surface area contributed by atoms with E-state index < -0.39 is 225 Å². The number of aliphatic hydroxyl groups excluding tert-OH is 17. The topological polar surface area (TPSA) is 521 Å². The van der Waals surface area contributed by atoms with Crippen LogP contribution in [0.3, 0.4) is 0 Å². The Bertz CT molecular complexity index is 1710. The number of ether oxygens (including phenoxy) is 12. The van der Waals surface area contributed by atoms with E-state index in [2.05, 4.69) is 4.52 Å². The number of methoxy groups -OCH3 is 1. The lowest BCUT2D eigenvalue weighted by Crippen LogP contribution is -2.67. The Balaban J connectivity index is 1.14. The molecule has 0 amide bonds. The Hall–Kier alpha value is -1.05. The minimum atomic E-state index is -5.17. The summed E-state index contributed by atoms with van der Waals surface area (Å²) in [5.41, 5.74) is 0. The molecule has 6 aliphatic rings. The molecule has 0 spiro atoms. The molecular weight excluding hydrogens is 1020 g/mol. The molecule has 0 radical (unpaired) electrons. The number of hydrogen-bond donors (Lipinski definition) is 19. The van der Waals surface area contributed by atoms with E-state index in [4.69, 9.17) is 66.6 Å². The first-order valence-corrected chi connectivity index (χ1v) is 24.2. The zero-order chi connectivity index (χ0) is 53.3. The van der Waals surface area contributed by atoms with Gasteiger partial charge in [0.25, 0.3) is 0 Å². The summed E-state index contributed by atoms with van der Waals surface area (Å²) in [7, 11) is -4.11. The summed E-state index contributed by atoms with van der Waals surface area (Å²) in [6.07, 6.45) is -55.6. The van der Waals surface area contributed by atoms with E-state index in [1.165, 1.54) is 0 Å². The molecule has 34 heteroatoms. The molecule has 72 heavy (non-hydrogen) atoms. The normalized spacial score (nSPS) is 50.7. The monoisotopic (exact) mass is 1080 g/mol. The van der Waals surface area contributed by atoms with Crippen LogP contribution in [0, 0.1) is 0 Å². The van der Waals surface area contributed by atoms with Crippen molar-refractivity contribution in [2.45, 2.75) is 198 Å². The van der Waals surface area contributed by atoms with Gasteiger partial charge >= 0.3 is 7.82 Å². The van der Waals surface area contributed by atoms with Crippen molar-refractivity contribution in [3.63, 3.8) is 0 Å². The number of phosphoric acid groups is 1. The Morgan fingerprint density at radius 1 is 0.375 bits per heavy atom. The molecule has 0 aliphatic carbocycles. The molecule has 19 N–H and O–H groups in total. The number of aliphatic hydroxyl groups is 17. The van der Waals surface area contributed by atoms with Crippen LogP contribution in [0.5, 0.6) is 0 Å². The van der Waals surface area contributed by atoms with Gasteiger partial charge in [0.2, 0.25) is 0 Å². The predicted molar refractivity (Wildman–Crippen MR) is 218 cm³/mol. The molecule has 6 rings (SSSR count). The van der Waals surface area contributed by atoms with Crippen LogP contribution in [0.15, 0.2) is 0 Å². The second-order valence-electron chi connectivity index (χ2n) is 17.9. The van der Waals surface area contributed by atoms with Crippen LogP contribution in [0.2, 0.25) is 0 Å². The SMILES string of the molecule is CCC1O[C@@H](OC2[C@@H](OCC3O[C@H](OCC4O[C@@H](OC)C(O)[C@@H](O[C@H]5OC(CO)[C@@H](O)[C@H](O)C5O[C@H]5OC(COP(=O)(O)O)[C@@H](O)[C@H](O)C5O)[C@@H]4O)C(O)[C@@H](O)[C@@H]3O)OC(CO)[C@@H](O)[C@@H]2O)C(O)[C@@H](O)[C@@H]1O. The van der Waals surface area contributed by atoms with E-state index in [0.717, 1.165) is 7.11 Å². The lowest BCUT2D eigenvalue weighted by atomic mass is 9.96. The highest BCUT2D eigenvalue weighted by Gasteiger charge is 2.56. The molecule has 30 atom stereocenters. The maximum absolute atomic E-state index is 11.6. The molecule has 6 fully saturated rings. The largest absolute Gasteiger partial charge is 0.469 e. The van der Waals surface area contributed by atoms with E-state index in [1.54, 1.807) is 6.92 Å². The highest BCUT2D eigenvalue weighted by atomic mass is 31.2. The number of phosphoric ester groups is 1. The minimum Gasteiger partial charge on any atom is -0.394 e. The zero-order valence-corrected chi connectivity index (χ0v) is 39.1. The molecule has 0 aromatic carbocycles. The Morgan fingerprint density at radius 3 is 1.22 bits per heavy atom. The molecule has 33 nitrogen and oxygen atoms in total. The van der Waals surface area contributed by atoms with Crippen LogP contribution < -0.4 is 0 Å². The standard InChI is InChI=1S/C38H67O33P/c1-3-9-15(41)21(47)27(53)35(63-9)70-31-24(50)16(42)10(4-39)64-37(31)61-6-12-18(44)22(48)26(52)34(67-12)60-7-13-20(46)30(29(55)33(59-2)66-13)69-38-32(25(51)17(43)11(5-40)65-38)71-36-28(54)23(49)19(45)14(68-36)8-62-72(56,57)58/h9-55H,3-8H2,1-2H3,(H2,56,57,58)/t9?,10?,11?,12?,13?,14?,15-,16-,17-,18-,19-,20-,21+,22+,23+,24+,25+,26?,27?,28?,29?,30+,31?,32?,33-,34+,35+,36-,37+,38-/m1/s1. The average Bonchev–Trinajstić information content (AvgIpc) is 3.35. The van der Waals surface area contributed by atoms with Crippen molar-refractivity contribution in [3.8, 4) is 0 Å². The lowest BCUT2D eigenvalue weighted by molar-refractivity contribution is -0.390. The van der Waals surface area contributed by atoms with Gasteiger partial charge in [0.15, 0.2) is 37.7 Å². The van der Waals surface area contributed by atoms with Crippen molar-refractivity contribution >= 4 is 7.82 Å². The molecule has 6 aliphatic heterocycles. The van der Waals surface area contributed by atoms with Gasteiger partial charge in [0, 0.05) is 7.11 Å². The predicted octanol–water partition coefficient (Wildman–Crippen LogP) is -11.9. The molecule has 0 bridgehead atoms. The summed E-state index contributed by atoms with van der Waals surface area (Å²) >= 11 is 0. The fraction of sp³-hybridized carbons (Fsp3) is 1.00. The van der Waals surface area contributed by atoms with Crippen molar-refractivity contribution in [1.29, 1.82) is 0 Å². The van der Waals surface area contributed by atoms with Crippen molar-refractivity contribution in [2.24, 2.45) is 0 Å². The van der Waals surface area contributed by atoms with Crippen LogP contribution >= 0.6 is 7.82 Å². The van der Waals surface area contributed by atoms with Gasteiger partial charge in [-0.15, -0.1) is 0 Å². The van der Waals surface area contributed by atoms with Crippen molar-refractivity contribution in [1.82, 2.24) is 0 Å². The van der Waals surface area contributed by atoms with Gasteiger partial charge in [-0.25, -0.2) is 4.57 Å². The number of hydrogen-bond acceptors (Lipinski definition) is 31. The van der Waals surface area contributed by atoms with E-state index in [0.29, 0.717) is 0 Å². The summed E-state index contributed by atoms with van der Waals surface area (Å²) in [5, 5.41) is 182. The van der Waals surface area contributed by atoms with Crippen LogP contribution in [0.25, 0.3) is 0 Å². The van der Waals surface area contributed by atoms with Gasteiger partial charge in [-0.1, -0.05) is 6.92 Å². The van der Waals surface area contributed by atoms with Gasteiger partial charge in [0.05, 0.1) is 39.1 Å². The molecule has 422 valence electrons. The highest BCUT2D eigenvalue weighted by molar-refractivity contribution is 7.46. The molecular formula is C38H67O33P. The van der Waals surface area contributed by atoms with Crippen molar-refractivity contribution < 1.29 is 163 Å². The second kappa shape index (κ2) is 25.6. The molecule has 0 aromatic heterocycles. The molecule has 6 heterocycles. The average molecular weight is 1080 g/mol. The van der Waals surface area contributed by atoms with E-state index in [9.17, 15) is 91.4 Å². The van der Waals surface area contributed by atoms with Crippen LogP contribution in [-0.4, -0.2) is 321 Å². The van der Waals surface area contributed by atoms with Gasteiger partial charge in [-0.05, 0) is 6.42 Å². The third-order valence-corrected chi connectivity index (χ3v) is 13.5. The number of rotatable bonds is 19. The third kappa shape index (κ3) is 13.3. The zero-order valence-electron chi connectivity index (χ0n) is 38.2. The van der Waals surface area contributed by atoms with Crippen molar-refractivity contribution in [2.75, 3.05) is 40.1 Å². The van der Waals surface area contributed by atoms with Gasteiger partial charge in [-0.2, -0.15) is 0 Å². The Morgan fingerprint density at radius 2 is 0.736 bits per heavy atom. The summed E-state index contributed by atoms with van der Waals surface area (Å²) in [6.45, 7) is -2.94. The van der Waals surface area contributed by atoms with E-state index in [-0.39, 0.29) is 6.42 Å². The first-order chi connectivity index (χ1) is 33.9. The first kappa shape index (κ1) is 60.2. The van der Waals surface area contributed by atoms with Gasteiger partial charge in [0.1, 0.15) is 140 Å². The maximum Gasteiger partial charge on any atom is 0.469 e. The van der Waals surface area contributed by atoms with Crippen molar-refractivity contribution in [3.05, 3.63) is 0 Å². The Kier molecular flexibility index (Phi) is 21.4. The third-order valence-electron chi connectivity index (χ3n) is 13.1. The van der Waals surface area contributed by atoms with Gasteiger partial charge in [-0.3, -0.25) is 4.52 Å². The summed E-state index contributed by atoms with van der Waals surface area (Å²) in [6, 6.07) is 0. The summed E-state index contributed by atoms with van der Waals surface area (Å²) < 4.78 is 83.1. The van der Waals surface area contributed by atoms with E-state index >= 15 is 0 Å². The maximum atomic E-state index is 11.6. The quantitative estimate of drug-likeness (QED) is 0.0534. The fourth-order valence-electron chi connectivity index (χ4n) is 8.78. The van der Waals surface area contributed by atoms with Crippen LogP contribution in [0.1, 0.15) is 13.3 Å². The highest BCUT2D eigenvalue weighted by Crippen LogP contribution is 2.39. The molecule has 0 aromatic rings. The molecule has 0 saturated carbocycles. The second-order valence-corrected chi connectivity index (χ2v) is 19.1. The summed E-state index contributed by atoms with van der Waals surface area (Å²) in [4.78, 5) is 18.3. The Labute approximate surface area is 407 Å². The molecule has 12 unspecified atom stereocenters. The molecule has 6 saturated heterocycles. The first-order valence-electron chi connectivity index (χ1n) is 22.7. The van der Waals surface area contributed by atoms with E-state index in [1.807, 2.05) is 0 Å². The van der Waals surface area contributed by atoms with Crippen LogP contribution in [0.4, 0.5) is 0 Å². The summed E-state index contributed by atoms with van der Waals surface area (Å²) in [5.74, 6) is 0.